The summed E-state index contributed by atoms with van der Waals surface area (Å²) in [5.74, 6) is 0.214. The Labute approximate surface area is 102 Å². The number of anilines is 1. The Bertz CT molecular complexity index is 439. The van der Waals surface area contributed by atoms with Crippen molar-refractivity contribution in [2.45, 2.75) is 17.0 Å². The Hall–Kier alpha value is -1.05. The highest BCUT2D eigenvalue weighted by molar-refractivity contribution is 8.00. The Balaban J connectivity index is 2.22. The van der Waals surface area contributed by atoms with Crippen LogP contribution in [-0.2, 0) is 0 Å². The summed E-state index contributed by atoms with van der Waals surface area (Å²) in [6.45, 7) is 0.0232. The maximum absolute atomic E-state index is 11.7. The van der Waals surface area contributed by atoms with E-state index in [1.165, 1.54) is 16.3 Å². The average molecular weight is 257 g/mol. The third-order valence-corrected chi connectivity index (χ3v) is 4.56. The van der Waals surface area contributed by atoms with E-state index in [0.717, 1.165) is 0 Å². The zero-order valence-corrected chi connectivity index (χ0v) is 10.0. The number of rotatable bonds is 3. The van der Waals surface area contributed by atoms with Gasteiger partial charge in [-0.15, -0.1) is 11.8 Å². The van der Waals surface area contributed by atoms with Crippen molar-refractivity contribution in [2.75, 3.05) is 18.9 Å². The van der Waals surface area contributed by atoms with Crippen molar-refractivity contribution < 1.29 is 10.2 Å². The first kappa shape index (κ1) is 12.4. The summed E-state index contributed by atoms with van der Waals surface area (Å²) >= 11 is 1.49. The van der Waals surface area contributed by atoms with E-state index < -0.39 is 5.69 Å². The summed E-state index contributed by atoms with van der Waals surface area (Å²) in [4.78, 5) is 15.3. The van der Waals surface area contributed by atoms with Crippen LogP contribution in [0.15, 0.2) is 17.1 Å². The van der Waals surface area contributed by atoms with Crippen molar-refractivity contribution in [1.29, 1.82) is 0 Å². The van der Waals surface area contributed by atoms with Crippen LogP contribution in [0.4, 0.5) is 5.82 Å². The van der Waals surface area contributed by atoms with Gasteiger partial charge < -0.3 is 15.9 Å². The highest BCUT2D eigenvalue weighted by Crippen LogP contribution is 2.44. The zero-order chi connectivity index (χ0) is 12.4. The number of nitrogens with zero attached hydrogens (tertiary/aromatic N) is 2. The van der Waals surface area contributed by atoms with Gasteiger partial charge >= 0.3 is 5.69 Å². The molecule has 7 heteroatoms. The van der Waals surface area contributed by atoms with Gasteiger partial charge in [0.1, 0.15) is 5.82 Å². The molecule has 0 spiro atoms. The Morgan fingerprint density at radius 2 is 2.29 bits per heavy atom. The van der Waals surface area contributed by atoms with Gasteiger partial charge in [-0.25, -0.2) is 4.79 Å². The summed E-state index contributed by atoms with van der Waals surface area (Å²) in [5.41, 5.74) is 5.03. The van der Waals surface area contributed by atoms with Crippen LogP contribution in [0.5, 0.6) is 0 Å². The number of nitrogens with two attached hydrogens (primary N) is 1. The Morgan fingerprint density at radius 3 is 2.82 bits per heavy atom. The summed E-state index contributed by atoms with van der Waals surface area (Å²) in [6, 6.07) is 1.57. The highest BCUT2D eigenvalue weighted by atomic mass is 32.2. The molecule has 0 aromatic carbocycles. The Kier molecular flexibility index (Phi) is 3.70. The van der Waals surface area contributed by atoms with Crippen molar-refractivity contribution in [2.24, 2.45) is 5.92 Å². The standard InChI is InChI=1S/C10H15N3O3S/c11-8-1-2-13(10(16)12-8)9-3-6(4-14)7(5-15)17-9/h1-2,6-7,9,14-15H,3-5H2,(H2,11,12,16)/t6-,7-,9+/m1/s1. The number of hydrogen-bond donors (Lipinski definition) is 3. The molecule has 0 unspecified atom stereocenters. The van der Waals surface area contributed by atoms with Gasteiger partial charge in [0, 0.05) is 18.1 Å². The highest BCUT2D eigenvalue weighted by Gasteiger charge is 2.35. The smallest absolute Gasteiger partial charge is 0.350 e. The predicted octanol–water partition coefficient (Wildman–Crippen LogP) is -0.570. The molecule has 1 aromatic rings. The second kappa shape index (κ2) is 5.07. The minimum Gasteiger partial charge on any atom is -0.396 e. The molecule has 1 aliphatic heterocycles. The van der Waals surface area contributed by atoms with E-state index in [2.05, 4.69) is 4.98 Å². The number of aliphatic hydroxyl groups excluding tert-OH is 2. The molecule has 0 saturated carbocycles. The molecule has 0 amide bonds. The van der Waals surface area contributed by atoms with Gasteiger partial charge in [-0.3, -0.25) is 4.57 Å². The van der Waals surface area contributed by atoms with E-state index in [1.807, 2.05) is 0 Å². The van der Waals surface area contributed by atoms with Crippen LogP contribution in [-0.4, -0.2) is 38.2 Å². The first-order chi connectivity index (χ1) is 8.15. The second-order valence-electron chi connectivity index (χ2n) is 4.03. The molecule has 2 rings (SSSR count). The lowest BCUT2D eigenvalue weighted by molar-refractivity contribution is 0.188. The molecule has 3 atom stereocenters. The summed E-state index contributed by atoms with van der Waals surface area (Å²) in [7, 11) is 0. The van der Waals surface area contributed by atoms with E-state index in [0.29, 0.717) is 6.42 Å². The molecule has 2 heterocycles. The van der Waals surface area contributed by atoms with Crippen molar-refractivity contribution in [3.05, 3.63) is 22.7 Å². The van der Waals surface area contributed by atoms with Crippen LogP contribution in [0.2, 0.25) is 0 Å². The van der Waals surface area contributed by atoms with Crippen LogP contribution in [0.3, 0.4) is 0 Å². The van der Waals surface area contributed by atoms with E-state index in [-0.39, 0.29) is 35.6 Å². The minimum absolute atomic E-state index is 0.00352. The molecule has 1 saturated heterocycles. The topological polar surface area (TPSA) is 101 Å². The third kappa shape index (κ3) is 2.46. The molecule has 0 radical (unpaired) electrons. The van der Waals surface area contributed by atoms with Crippen molar-refractivity contribution in [1.82, 2.24) is 9.55 Å². The van der Waals surface area contributed by atoms with Crippen LogP contribution >= 0.6 is 11.8 Å². The molecule has 6 nitrogen and oxygen atoms in total. The lowest BCUT2D eigenvalue weighted by Crippen LogP contribution is -2.25. The number of hydrogen-bond acceptors (Lipinski definition) is 6. The normalized spacial score (nSPS) is 28.5. The average Bonchev–Trinajstić information content (AvgIpc) is 2.72. The first-order valence-electron chi connectivity index (χ1n) is 5.37. The number of aromatic nitrogens is 2. The lowest BCUT2D eigenvalue weighted by Gasteiger charge is -2.12. The fourth-order valence-corrected chi connectivity index (χ4v) is 3.55. The fraction of sp³-hybridized carbons (Fsp3) is 0.600. The molecule has 0 bridgehead atoms. The van der Waals surface area contributed by atoms with Gasteiger partial charge in [-0.1, -0.05) is 0 Å². The van der Waals surface area contributed by atoms with Gasteiger partial charge in [-0.05, 0) is 18.4 Å². The van der Waals surface area contributed by atoms with E-state index in [9.17, 15) is 15.0 Å². The predicted molar refractivity (Wildman–Crippen MR) is 65.6 cm³/mol. The van der Waals surface area contributed by atoms with Crippen LogP contribution in [0.1, 0.15) is 11.8 Å². The monoisotopic (exact) mass is 257 g/mol. The van der Waals surface area contributed by atoms with Crippen LogP contribution in [0.25, 0.3) is 0 Å². The lowest BCUT2D eigenvalue weighted by atomic mass is 10.0. The van der Waals surface area contributed by atoms with Gasteiger partial charge in [0.25, 0.3) is 0 Å². The summed E-state index contributed by atoms with van der Waals surface area (Å²) in [5, 5.41) is 18.3. The minimum atomic E-state index is -0.391. The second-order valence-corrected chi connectivity index (χ2v) is 5.45. The van der Waals surface area contributed by atoms with Gasteiger partial charge in [0.15, 0.2) is 0 Å². The molecular formula is C10H15N3O3S. The van der Waals surface area contributed by atoms with Crippen molar-refractivity contribution >= 4 is 17.6 Å². The zero-order valence-electron chi connectivity index (χ0n) is 9.19. The SMILES string of the molecule is Nc1ccn([C@@H]2C[C@H](CO)[C@@H](CO)S2)c(=O)n1. The van der Waals surface area contributed by atoms with E-state index >= 15 is 0 Å². The number of nitrogen functional groups attached to an aromatic ring is 1. The quantitative estimate of drug-likeness (QED) is 0.670. The van der Waals surface area contributed by atoms with Crippen LogP contribution in [0, 0.1) is 5.92 Å². The van der Waals surface area contributed by atoms with Crippen molar-refractivity contribution in [3.8, 4) is 0 Å². The number of thioether (sulfide) groups is 1. The molecule has 94 valence electrons. The fourth-order valence-electron chi connectivity index (χ4n) is 1.99. The van der Waals surface area contributed by atoms with E-state index in [1.54, 1.807) is 12.3 Å². The largest absolute Gasteiger partial charge is 0.396 e. The maximum atomic E-state index is 11.7. The maximum Gasteiger partial charge on any atom is 0.350 e. The third-order valence-electron chi connectivity index (χ3n) is 2.94. The molecule has 17 heavy (non-hydrogen) atoms. The molecule has 4 N–H and O–H groups in total. The summed E-state index contributed by atoms with van der Waals surface area (Å²) < 4.78 is 1.50. The van der Waals surface area contributed by atoms with E-state index in [4.69, 9.17) is 5.73 Å². The molecular weight excluding hydrogens is 242 g/mol. The van der Waals surface area contributed by atoms with Gasteiger partial charge in [-0.2, -0.15) is 4.98 Å². The Morgan fingerprint density at radius 1 is 1.53 bits per heavy atom. The molecule has 1 aliphatic rings. The van der Waals surface area contributed by atoms with Crippen LogP contribution < -0.4 is 11.4 Å². The molecule has 1 fully saturated rings. The van der Waals surface area contributed by atoms with Crippen molar-refractivity contribution in [3.63, 3.8) is 0 Å². The summed E-state index contributed by atoms with van der Waals surface area (Å²) in [6.07, 6.45) is 2.26. The molecule has 0 aliphatic carbocycles. The molecule has 1 aromatic heterocycles. The first-order valence-corrected chi connectivity index (χ1v) is 6.32. The number of aliphatic hydroxyl groups is 2. The van der Waals surface area contributed by atoms with Gasteiger partial charge in [0.2, 0.25) is 0 Å². The van der Waals surface area contributed by atoms with Gasteiger partial charge in [0.05, 0.1) is 12.0 Å².